The van der Waals surface area contributed by atoms with Gasteiger partial charge in [-0.2, -0.15) is 0 Å². The second kappa shape index (κ2) is 10.9. The molecule has 2 fully saturated rings. The van der Waals surface area contributed by atoms with E-state index < -0.39 is 0 Å². The maximum absolute atomic E-state index is 6.47. The molecule has 0 spiro atoms. The molecule has 2 saturated carbocycles. The summed E-state index contributed by atoms with van der Waals surface area (Å²) in [5.74, 6) is 2.87. The van der Waals surface area contributed by atoms with Gasteiger partial charge in [0.1, 0.15) is 11.5 Å². The van der Waals surface area contributed by atoms with Gasteiger partial charge in [-0.05, 0) is 152 Å². The number of halogens is 4. The fourth-order valence-electron chi connectivity index (χ4n) is 4.82. The quantitative estimate of drug-likeness (QED) is 0.220. The average molecular weight is 862 g/mol. The second-order valence-corrected chi connectivity index (χ2v) is 12.9. The van der Waals surface area contributed by atoms with Crippen LogP contribution in [-0.4, -0.2) is 0 Å². The van der Waals surface area contributed by atoms with Crippen molar-refractivity contribution in [3.63, 3.8) is 0 Å². The standard InChI is InChI=1S/C26H26I4O/c1-15-7-3-5-9-17(15)19-11-13-21(25(29)23(19)27)31-22-14-12-20(24(28)26(22)30)18-10-6-4-8-16(18)2/h11-14,17-18H,1-10H2. The molecule has 0 heterocycles. The van der Waals surface area contributed by atoms with Gasteiger partial charge in [0.25, 0.3) is 0 Å². The zero-order chi connectivity index (χ0) is 22.1. The van der Waals surface area contributed by atoms with E-state index >= 15 is 0 Å². The number of allylic oxidation sites excluding steroid dienone is 2. The molecule has 0 N–H and O–H groups in total. The van der Waals surface area contributed by atoms with Gasteiger partial charge >= 0.3 is 0 Å². The van der Waals surface area contributed by atoms with Crippen molar-refractivity contribution in [1.29, 1.82) is 0 Å². The Morgan fingerprint density at radius 2 is 1.03 bits per heavy atom. The number of ether oxygens (including phenoxy) is 1. The molecule has 2 aliphatic rings. The minimum atomic E-state index is 0.493. The van der Waals surface area contributed by atoms with Crippen molar-refractivity contribution in [2.24, 2.45) is 0 Å². The zero-order valence-corrected chi connectivity index (χ0v) is 26.1. The van der Waals surface area contributed by atoms with E-state index in [0.29, 0.717) is 11.8 Å². The Morgan fingerprint density at radius 1 is 0.613 bits per heavy atom. The summed E-state index contributed by atoms with van der Waals surface area (Å²) in [5.41, 5.74) is 5.60. The van der Waals surface area contributed by atoms with E-state index in [2.05, 4.69) is 128 Å². The predicted molar refractivity (Wildman–Crippen MR) is 165 cm³/mol. The summed E-state index contributed by atoms with van der Waals surface area (Å²) >= 11 is 9.89. The topological polar surface area (TPSA) is 9.23 Å². The molecule has 0 bridgehead atoms. The molecule has 0 radical (unpaired) electrons. The summed E-state index contributed by atoms with van der Waals surface area (Å²) in [4.78, 5) is 0. The smallest absolute Gasteiger partial charge is 0.141 e. The molecule has 2 aromatic rings. The maximum Gasteiger partial charge on any atom is 0.141 e. The van der Waals surface area contributed by atoms with Crippen LogP contribution >= 0.6 is 90.4 Å². The van der Waals surface area contributed by atoms with Crippen LogP contribution in [0, 0.1) is 14.3 Å². The third-order valence-electron chi connectivity index (χ3n) is 6.59. The summed E-state index contributed by atoms with van der Waals surface area (Å²) in [7, 11) is 0. The fourth-order valence-corrected chi connectivity index (χ4v) is 7.66. The van der Waals surface area contributed by atoms with Crippen LogP contribution < -0.4 is 4.74 Å². The van der Waals surface area contributed by atoms with Crippen molar-refractivity contribution >= 4 is 90.4 Å². The Bertz CT molecular complexity index is 945. The highest BCUT2D eigenvalue weighted by atomic mass is 127. The third kappa shape index (κ3) is 5.33. The van der Waals surface area contributed by atoms with E-state index in [-0.39, 0.29) is 0 Å². The molecule has 164 valence electrons. The number of benzene rings is 2. The molecule has 2 aliphatic carbocycles. The maximum atomic E-state index is 6.47. The number of hydrogen-bond donors (Lipinski definition) is 0. The SMILES string of the molecule is C=C1CCCCC1c1ccc(Oc2ccc(C3CCCCC3=C)c(I)c2I)c(I)c1I. The van der Waals surface area contributed by atoms with E-state index in [1.165, 1.54) is 75.1 Å². The number of hydrogen-bond acceptors (Lipinski definition) is 1. The molecule has 0 aromatic heterocycles. The van der Waals surface area contributed by atoms with Crippen molar-refractivity contribution in [2.45, 2.75) is 63.2 Å². The van der Waals surface area contributed by atoms with Gasteiger partial charge < -0.3 is 4.74 Å². The molecule has 5 heteroatoms. The first-order valence-corrected chi connectivity index (χ1v) is 15.2. The molecule has 1 nitrogen and oxygen atoms in total. The average Bonchev–Trinajstić information content (AvgIpc) is 2.76. The normalized spacial score (nSPS) is 21.9. The van der Waals surface area contributed by atoms with Gasteiger partial charge in [-0.25, -0.2) is 0 Å². The molecule has 2 aromatic carbocycles. The van der Waals surface area contributed by atoms with E-state index in [4.69, 9.17) is 4.74 Å². The highest BCUT2D eigenvalue weighted by molar-refractivity contribution is 14.1. The van der Waals surface area contributed by atoms with Gasteiger partial charge in [-0.1, -0.05) is 49.3 Å². The van der Waals surface area contributed by atoms with Gasteiger partial charge in [-0.3, -0.25) is 0 Å². The van der Waals surface area contributed by atoms with Crippen LogP contribution in [0.25, 0.3) is 0 Å². The lowest BCUT2D eigenvalue weighted by molar-refractivity contribution is 0.472. The Kier molecular flexibility index (Phi) is 8.72. The minimum absolute atomic E-state index is 0.493. The Balaban J connectivity index is 1.60. The summed E-state index contributed by atoms with van der Waals surface area (Å²) in [6.45, 7) is 8.72. The highest BCUT2D eigenvalue weighted by Crippen LogP contribution is 2.44. The molecule has 2 atom stereocenters. The Morgan fingerprint density at radius 3 is 1.42 bits per heavy atom. The molecule has 4 rings (SSSR count). The molecule has 31 heavy (non-hydrogen) atoms. The van der Waals surface area contributed by atoms with Gasteiger partial charge in [0.2, 0.25) is 0 Å². The Labute approximate surface area is 240 Å². The summed E-state index contributed by atoms with van der Waals surface area (Å²) in [5, 5.41) is 0. The van der Waals surface area contributed by atoms with Crippen molar-refractivity contribution in [3.05, 3.63) is 74.0 Å². The molecule has 0 aliphatic heterocycles. The van der Waals surface area contributed by atoms with Crippen molar-refractivity contribution in [2.75, 3.05) is 0 Å². The zero-order valence-electron chi connectivity index (χ0n) is 17.5. The first-order valence-electron chi connectivity index (χ1n) is 10.9. The van der Waals surface area contributed by atoms with E-state index in [1.807, 2.05) is 0 Å². The van der Waals surface area contributed by atoms with Gasteiger partial charge in [0.05, 0.1) is 7.14 Å². The lowest BCUT2D eigenvalue weighted by atomic mass is 9.80. The van der Waals surface area contributed by atoms with Gasteiger partial charge in [0, 0.05) is 19.0 Å². The lowest BCUT2D eigenvalue weighted by Gasteiger charge is -2.27. The van der Waals surface area contributed by atoms with E-state index in [9.17, 15) is 0 Å². The fraction of sp³-hybridized carbons (Fsp3) is 0.385. The molecular weight excluding hydrogens is 836 g/mol. The van der Waals surface area contributed by atoms with Crippen LogP contribution in [0.2, 0.25) is 0 Å². The van der Waals surface area contributed by atoms with Crippen LogP contribution in [0.5, 0.6) is 11.5 Å². The van der Waals surface area contributed by atoms with Gasteiger partial charge in [0.15, 0.2) is 0 Å². The Hall–Kier alpha value is 0.640. The van der Waals surface area contributed by atoms with E-state index in [0.717, 1.165) is 24.3 Å². The van der Waals surface area contributed by atoms with E-state index in [1.54, 1.807) is 0 Å². The number of rotatable bonds is 4. The van der Waals surface area contributed by atoms with Crippen LogP contribution in [0.15, 0.2) is 48.6 Å². The molecule has 2 unspecified atom stereocenters. The first kappa shape index (κ1) is 24.8. The van der Waals surface area contributed by atoms with Crippen LogP contribution in [0.4, 0.5) is 0 Å². The molecular formula is C26H26I4O. The lowest BCUT2D eigenvalue weighted by Crippen LogP contribution is -2.11. The highest BCUT2D eigenvalue weighted by Gasteiger charge is 2.25. The second-order valence-electron chi connectivity index (χ2n) is 8.58. The van der Waals surface area contributed by atoms with Crippen LogP contribution in [0.1, 0.15) is 74.3 Å². The van der Waals surface area contributed by atoms with Crippen LogP contribution in [-0.2, 0) is 0 Å². The summed E-state index contributed by atoms with van der Waals surface area (Å²) in [6.07, 6.45) is 9.91. The third-order valence-corrected chi connectivity index (χ3v) is 13.1. The summed E-state index contributed by atoms with van der Waals surface area (Å²) < 4.78 is 11.5. The predicted octanol–water partition coefficient (Wildman–Crippen LogP) is 10.3. The molecule has 0 saturated heterocycles. The largest absolute Gasteiger partial charge is 0.455 e. The molecule has 0 amide bonds. The van der Waals surface area contributed by atoms with Crippen molar-refractivity contribution in [1.82, 2.24) is 0 Å². The van der Waals surface area contributed by atoms with Crippen molar-refractivity contribution < 1.29 is 4.74 Å². The van der Waals surface area contributed by atoms with Crippen molar-refractivity contribution in [3.8, 4) is 11.5 Å². The van der Waals surface area contributed by atoms with Crippen LogP contribution in [0.3, 0.4) is 0 Å². The first-order chi connectivity index (χ1) is 14.9. The minimum Gasteiger partial charge on any atom is -0.455 e. The van der Waals surface area contributed by atoms with Gasteiger partial charge in [-0.15, -0.1) is 0 Å². The monoisotopic (exact) mass is 862 g/mol. The summed E-state index contributed by atoms with van der Waals surface area (Å²) in [6, 6.07) is 8.83.